The van der Waals surface area contributed by atoms with Gasteiger partial charge in [0.25, 0.3) is 0 Å². The molecule has 1 aromatic heterocycles. The standard InChI is InChI=1S/C14H10F3N3O/c15-14(16,17)21-12-4-2-1-3-11(12)9-20-13-6-5-10(7-18)8-19-13/h1-6,8H,9H2,(H,19,20). The van der Waals surface area contributed by atoms with Gasteiger partial charge in [0.15, 0.2) is 0 Å². The third-order valence-electron chi connectivity index (χ3n) is 2.55. The van der Waals surface area contributed by atoms with Crippen LogP contribution in [0.3, 0.4) is 0 Å². The molecule has 2 aromatic rings. The molecule has 2 rings (SSSR count). The number of para-hydroxylation sites is 1. The van der Waals surface area contributed by atoms with Crippen LogP contribution in [0.15, 0.2) is 42.6 Å². The lowest BCUT2D eigenvalue weighted by Gasteiger charge is -2.13. The molecular weight excluding hydrogens is 283 g/mol. The molecule has 0 aliphatic rings. The van der Waals surface area contributed by atoms with Crippen LogP contribution >= 0.6 is 0 Å². The first-order chi connectivity index (χ1) is 9.98. The van der Waals surface area contributed by atoms with Gasteiger partial charge in [-0.1, -0.05) is 18.2 Å². The SMILES string of the molecule is N#Cc1ccc(NCc2ccccc2OC(F)(F)F)nc1. The van der Waals surface area contributed by atoms with Crippen molar-refractivity contribution in [3.8, 4) is 11.8 Å². The molecule has 21 heavy (non-hydrogen) atoms. The number of aromatic nitrogens is 1. The molecule has 0 radical (unpaired) electrons. The van der Waals surface area contributed by atoms with Crippen LogP contribution in [0, 0.1) is 11.3 Å². The highest BCUT2D eigenvalue weighted by Crippen LogP contribution is 2.26. The minimum atomic E-state index is -4.73. The van der Waals surface area contributed by atoms with Crippen LogP contribution in [-0.4, -0.2) is 11.3 Å². The number of hydrogen-bond acceptors (Lipinski definition) is 4. The van der Waals surface area contributed by atoms with Crippen LogP contribution in [0.2, 0.25) is 0 Å². The van der Waals surface area contributed by atoms with E-state index in [0.717, 1.165) is 0 Å². The van der Waals surface area contributed by atoms with Gasteiger partial charge in [0, 0.05) is 18.3 Å². The zero-order valence-corrected chi connectivity index (χ0v) is 10.7. The predicted octanol–water partition coefficient (Wildman–Crippen LogP) is 3.46. The van der Waals surface area contributed by atoms with E-state index in [-0.39, 0.29) is 12.3 Å². The molecule has 1 aromatic carbocycles. The zero-order chi connectivity index (χ0) is 15.3. The lowest BCUT2D eigenvalue weighted by molar-refractivity contribution is -0.274. The summed E-state index contributed by atoms with van der Waals surface area (Å²) < 4.78 is 40.8. The van der Waals surface area contributed by atoms with E-state index >= 15 is 0 Å². The Bertz CT molecular complexity index is 648. The molecule has 0 aliphatic carbocycles. The van der Waals surface area contributed by atoms with Crippen molar-refractivity contribution in [3.63, 3.8) is 0 Å². The van der Waals surface area contributed by atoms with Crippen molar-refractivity contribution in [2.45, 2.75) is 12.9 Å². The van der Waals surface area contributed by atoms with Crippen LogP contribution in [0.4, 0.5) is 19.0 Å². The summed E-state index contributed by atoms with van der Waals surface area (Å²) >= 11 is 0. The normalized spacial score (nSPS) is 10.8. The molecule has 0 bridgehead atoms. The highest BCUT2D eigenvalue weighted by atomic mass is 19.4. The maximum absolute atomic E-state index is 12.3. The van der Waals surface area contributed by atoms with Gasteiger partial charge < -0.3 is 10.1 Å². The highest BCUT2D eigenvalue weighted by Gasteiger charge is 2.31. The molecule has 0 fully saturated rings. The third kappa shape index (κ3) is 4.38. The summed E-state index contributed by atoms with van der Waals surface area (Å²) in [6, 6.07) is 10.9. The summed E-state index contributed by atoms with van der Waals surface area (Å²) in [5.41, 5.74) is 0.752. The number of benzene rings is 1. The monoisotopic (exact) mass is 293 g/mol. The Hall–Kier alpha value is -2.75. The quantitative estimate of drug-likeness (QED) is 0.937. The fraction of sp³-hybridized carbons (Fsp3) is 0.143. The maximum Gasteiger partial charge on any atom is 0.573 e. The highest BCUT2D eigenvalue weighted by molar-refractivity contribution is 5.42. The Balaban J connectivity index is 2.07. The summed E-state index contributed by atoms with van der Waals surface area (Å²) in [5.74, 6) is 0.196. The smallest absolute Gasteiger partial charge is 0.405 e. The van der Waals surface area contributed by atoms with Crippen LogP contribution < -0.4 is 10.1 Å². The molecule has 0 unspecified atom stereocenters. The molecule has 0 saturated heterocycles. The van der Waals surface area contributed by atoms with Gasteiger partial charge in [0.1, 0.15) is 17.6 Å². The van der Waals surface area contributed by atoms with E-state index in [1.807, 2.05) is 6.07 Å². The Morgan fingerprint density at radius 3 is 2.57 bits per heavy atom. The minimum Gasteiger partial charge on any atom is -0.405 e. The van der Waals surface area contributed by atoms with E-state index in [1.165, 1.54) is 24.4 Å². The molecule has 0 aliphatic heterocycles. The average Bonchev–Trinajstić information content (AvgIpc) is 2.45. The van der Waals surface area contributed by atoms with Crippen molar-refractivity contribution in [3.05, 3.63) is 53.7 Å². The van der Waals surface area contributed by atoms with Crippen molar-refractivity contribution in [2.75, 3.05) is 5.32 Å². The first kappa shape index (κ1) is 14.7. The molecule has 1 heterocycles. The maximum atomic E-state index is 12.3. The number of hydrogen-bond donors (Lipinski definition) is 1. The van der Waals surface area contributed by atoms with E-state index in [2.05, 4.69) is 15.0 Å². The second kappa shape index (κ2) is 6.13. The molecule has 0 atom stereocenters. The van der Waals surface area contributed by atoms with Gasteiger partial charge in [-0.05, 0) is 18.2 Å². The number of nitrogens with zero attached hydrogens (tertiary/aromatic N) is 2. The second-order valence-corrected chi connectivity index (χ2v) is 4.05. The number of pyridine rings is 1. The van der Waals surface area contributed by atoms with Gasteiger partial charge in [-0.3, -0.25) is 0 Å². The van der Waals surface area contributed by atoms with Crippen molar-refractivity contribution in [2.24, 2.45) is 0 Å². The first-order valence-electron chi connectivity index (χ1n) is 5.91. The molecule has 0 spiro atoms. The van der Waals surface area contributed by atoms with Crippen LogP contribution in [-0.2, 0) is 6.54 Å². The van der Waals surface area contributed by atoms with Crippen molar-refractivity contribution in [1.82, 2.24) is 4.98 Å². The molecule has 7 heteroatoms. The average molecular weight is 293 g/mol. The number of nitrogens with one attached hydrogen (secondary N) is 1. The van der Waals surface area contributed by atoms with Crippen LogP contribution in [0.1, 0.15) is 11.1 Å². The summed E-state index contributed by atoms with van der Waals surface area (Å²) in [6.45, 7) is 0.116. The van der Waals surface area contributed by atoms with Gasteiger partial charge in [-0.25, -0.2) is 4.98 Å². The fourth-order valence-electron chi connectivity index (χ4n) is 1.62. The molecular formula is C14H10F3N3O. The van der Waals surface area contributed by atoms with Crippen molar-refractivity contribution >= 4 is 5.82 Å². The zero-order valence-electron chi connectivity index (χ0n) is 10.7. The molecule has 0 amide bonds. The summed E-state index contributed by atoms with van der Waals surface area (Å²) in [6.07, 6.45) is -3.36. The van der Waals surface area contributed by atoms with E-state index < -0.39 is 6.36 Å². The summed E-state index contributed by atoms with van der Waals surface area (Å²) in [4.78, 5) is 3.97. The first-order valence-corrected chi connectivity index (χ1v) is 5.91. The fourth-order valence-corrected chi connectivity index (χ4v) is 1.62. The topological polar surface area (TPSA) is 57.9 Å². The van der Waals surface area contributed by atoms with E-state index in [1.54, 1.807) is 18.2 Å². The van der Waals surface area contributed by atoms with Crippen LogP contribution in [0.5, 0.6) is 5.75 Å². The van der Waals surface area contributed by atoms with E-state index in [9.17, 15) is 13.2 Å². The Labute approximate surface area is 118 Å². The van der Waals surface area contributed by atoms with Gasteiger partial charge in [-0.15, -0.1) is 13.2 Å². The predicted molar refractivity (Wildman–Crippen MR) is 69.4 cm³/mol. The van der Waals surface area contributed by atoms with E-state index in [4.69, 9.17) is 5.26 Å². The Morgan fingerprint density at radius 1 is 1.19 bits per heavy atom. The molecule has 0 saturated carbocycles. The van der Waals surface area contributed by atoms with Crippen LogP contribution in [0.25, 0.3) is 0 Å². The lowest BCUT2D eigenvalue weighted by Crippen LogP contribution is -2.18. The number of anilines is 1. The third-order valence-corrected chi connectivity index (χ3v) is 2.55. The second-order valence-electron chi connectivity index (χ2n) is 4.05. The summed E-state index contributed by atoms with van der Waals surface area (Å²) in [5, 5.41) is 11.5. The summed E-state index contributed by atoms with van der Waals surface area (Å²) in [7, 11) is 0. The lowest BCUT2D eigenvalue weighted by atomic mass is 10.2. The number of ether oxygens (including phenoxy) is 1. The number of alkyl halides is 3. The molecule has 108 valence electrons. The number of nitriles is 1. The van der Waals surface area contributed by atoms with Gasteiger partial charge in [0.2, 0.25) is 0 Å². The minimum absolute atomic E-state index is 0.116. The Morgan fingerprint density at radius 2 is 1.95 bits per heavy atom. The largest absolute Gasteiger partial charge is 0.573 e. The van der Waals surface area contributed by atoms with Crippen molar-refractivity contribution < 1.29 is 17.9 Å². The number of halogens is 3. The van der Waals surface area contributed by atoms with Gasteiger partial charge in [0.05, 0.1) is 5.56 Å². The van der Waals surface area contributed by atoms with Crippen molar-refractivity contribution in [1.29, 1.82) is 5.26 Å². The molecule has 4 nitrogen and oxygen atoms in total. The Kier molecular flexibility index (Phi) is 4.28. The van der Waals surface area contributed by atoms with Gasteiger partial charge >= 0.3 is 6.36 Å². The number of rotatable bonds is 4. The van der Waals surface area contributed by atoms with Gasteiger partial charge in [-0.2, -0.15) is 5.26 Å². The molecule has 1 N–H and O–H groups in total. The van der Waals surface area contributed by atoms with E-state index in [0.29, 0.717) is 16.9 Å².